The lowest BCUT2D eigenvalue weighted by Gasteiger charge is -2.12. The van der Waals surface area contributed by atoms with E-state index in [9.17, 15) is 18.3 Å². The number of nitrogens with zero attached hydrogens (tertiary/aromatic N) is 1. The minimum absolute atomic E-state index is 0.151. The van der Waals surface area contributed by atoms with Gasteiger partial charge in [0.25, 0.3) is 10.0 Å². The number of hydrogen-bond acceptors (Lipinski definition) is 4. The number of fused-ring (bicyclic) bond motifs is 1. The van der Waals surface area contributed by atoms with Crippen LogP contribution in [0.15, 0.2) is 63.9 Å². The minimum Gasteiger partial charge on any atom is -0.489 e. The number of rotatable bonds is 5. The van der Waals surface area contributed by atoms with E-state index in [0.717, 1.165) is 6.07 Å². The first kappa shape index (κ1) is 16.9. The highest BCUT2D eigenvalue weighted by Gasteiger charge is 2.34. The zero-order valence-electron chi connectivity index (χ0n) is 13.3. The Kier molecular flexibility index (Phi) is 4.41. The second-order valence-corrected chi connectivity index (χ2v) is 6.89. The molecule has 2 aromatic rings. The molecule has 25 heavy (non-hydrogen) atoms. The molecule has 0 aromatic heterocycles. The summed E-state index contributed by atoms with van der Waals surface area (Å²) in [7, 11) is -3.99. The lowest BCUT2D eigenvalue weighted by atomic mass is 10.00. The van der Waals surface area contributed by atoms with Crippen molar-refractivity contribution in [1.29, 1.82) is 0 Å². The van der Waals surface area contributed by atoms with Crippen molar-refractivity contribution in [2.75, 3.05) is 6.61 Å². The maximum absolute atomic E-state index is 12.4. The molecule has 0 amide bonds. The number of aromatic carboxylic acids is 1. The van der Waals surface area contributed by atoms with Crippen LogP contribution in [0.1, 0.15) is 28.4 Å². The van der Waals surface area contributed by atoms with Crippen LogP contribution in [0.3, 0.4) is 0 Å². The Balaban J connectivity index is 2.24. The zero-order valence-corrected chi connectivity index (χ0v) is 14.2. The number of benzene rings is 2. The number of carboxylic acids is 1. The molecule has 0 bridgehead atoms. The van der Waals surface area contributed by atoms with Crippen LogP contribution in [0.2, 0.25) is 0 Å². The average molecular weight is 357 g/mol. The summed E-state index contributed by atoms with van der Waals surface area (Å²) in [6.07, 6.45) is 3.52. The van der Waals surface area contributed by atoms with Crippen molar-refractivity contribution in [3.05, 3.63) is 71.3 Å². The third kappa shape index (κ3) is 3.18. The number of ether oxygens (including phenoxy) is 1. The Morgan fingerprint density at radius 2 is 1.96 bits per heavy atom. The van der Waals surface area contributed by atoms with Gasteiger partial charge in [-0.25, -0.2) is 4.79 Å². The van der Waals surface area contributed by atoms with Gasteiger partial charge in [-0.15, -0.1) is 0 Å². The first-order valence-electron chi connectivity index (χ1n) is 7.50. The fourth-order valence-electron chi connectivity index (χ4n) is 2.51. The molecular formula is C18H15NO5S. The first-order chi connectivity index (χ1) is 11.9. The van der Waals surface area contributed by atoms with Crippen molar-refractivity contribution in [2.24, 2.45) is 4.40 Å². The summed E-state index contributed by atoms with van der Waals surface area (Å²) >= 11 is 0. The summed E-state index contributed by atoms with van der Waals surface area (Å²) in [4.78, 5) is 11.2. The van der Waals surface area contributed by atoms with Crippen molar-refractivity contribution in [2.45, 2.75) is 11.8 Å². The molecule has 0 saturated carbocycles. The molecule has 3 rings (SSSR count). The fraction of sp³-hybridized carbons (Fsp3) is 0.111. The molecule has 0 spiro atoms. The molecule has 0 unspecified atom stereocenters. The lowest BCUT2D eigenvalue weighted by molar-refractivity contribution is 0.0696. The van der Waals surface area contributed by atoms with Gasteiger partial charge in [0, 0.05) is 5.56 Å². The van der Waals surface area contributed by atoms with Gasteiger partial charge in [0.2, 0.25) is 0 Å². The third-order valence-corrected chi connectivity index (χ3v) is 4.96. The number of carboxylic acid groups (broad SMARTS) is 1. The molecule has 7 heteroatoms. The highest BCUT2D eigenvalue weighted by atomic mass is 32.2. The van der Waals surface area contributed by atoms with E-state index in [1.165, 1.54) is 6.07 Å². The molecule has 0 saturated heterocycles. The summed E-state index contributed by atoms with van der Waals surface area (Å²) in [5.41, 5.74) is 0.995. The van der Waals surface area contributed by atoms with Gasteiger partial charge in [0.15, 0.2) is 0 Å². The van der Waals surface area contributed by atoms with Gasteiger partial charge in [-0.1, -0.05) is 42.5 Å². The molecule has 6 nitrogen and oxygen atoms in total. The standard InChI is InChI=1S/C18H15NO5S/c1-2-3-9-24-14-10-13(18(20)21)11-15-16(14)17(19-25(15,22)23)12-7-5-4-6-8-12/h2-8,10-11H,9H2,1H3,(H,20,21)/b3-2+. The van der Waals surface area contributed by atoms with E-state index in [0.29, 0.717) is 11.1 Å². The molecule has 0 radical (unpaired) electrons. The van der Waals surface area contributed by atoms with Crippen molar-refractivity contribution >= 4 is 21.7 Å². The van der Waals surface area contributed by atoms with Crippen LogP contribution in [-0.2, 0) is 10.0 Å². The monoisotopic (exact) mass is 357 g/mol. The highest BCUT2D eigenvalue weighted by molar-refractivity contribution is 7.90. The predicted octanol–water partition coefficient (Wildman–Crippen LogP) is 2.88. The first-order valence-corrected chi connectivity index (χ1v) is 8.94. The molecule has 1 aliphatic rings. The SMILES string of the molecule is C/C=C/COc1cc(C(=O)O)cc2c1C(c1ccccc1)=NS2(=O)=O. The van der Waals surface area contributed by atoms with Crippen LogP contribution in [0.25, 0.3) is 0 Å². The summed E-state index contributed by atoms with van der Waals surface area (Å²) in [6, 6.07) is 11.3. The van der Waals surface area contributed by atoms with Crippen molar-refractivity contribution in [3.8, 4) is 5.75 Å². The van der Waals surface area contributed by atoms with E-state index in [4.69, 9.17) is 4.74 Å². The highest BCUT2D eigenvalue weighted by Crippen LogP contribution is 2.37. The van der Waals surface area contributed by atoms with Gasteiger partial charge in [0.05, 0.1) is 16.8 Å². The quantitative estimate of drug-likeness (QED) is 0.831. The van der Waals surface area contributed by atoms with E-state index in [1.807, 2.05) is 13.0 Å². The van der Waals surface area contributed by atoms with E-state index < -0.39 is 16.0 Å². The minimum atomic E-state index is -3.99. The van der Waals surface area contributed by atoms with Gasteiger partial charge >= 0.3 is 5.97 Å². The number of carbonyl (C=O) groups is 1. The second kappa shape index (κ2) is 6.52. The van der Waals surface area contributed by atoms with Crippen LogP contribution in [0.4, 0.5) is 0 Å². The maximum Gasteiger partial charge on any atom is 0.335 e. The number of hydrogen-bond donors (Lipinski definition) is 1. The number of allylic oxidation sites excluding steroid dienone is 1. The molecule has 128 valence electrons. The third-order valence-electron chi connectivity index (χ3n) is 3.66. The molecule has 0 fully saturated rings. The maximum atomic E-state index is 12.4. The van der Waals surface area contributed by atoms with E-state index >= 15 is 0 Å². The van der Waals surface area contributed by atoms with Crippen LogP contribution in [0.5, 0.6) is 5.75 Å². The largest absolute Gasteiger partial charge is 0.489 e. The summed E-state index contributed by atoms with van der Waals surface area (Å²) in [5, 5.41) is 9.26. The Morgan fingerprint density at radius 3 is 2.60 bits per heavy atom. The average Bonchev–Trinajstić information content (AvgIpc) is 2.87. The van der Waals surface area contributed by atoms with E-state index in [1.54, 1.807) is 36.4 Å². The molecular weight excluding hydrogens is 342 g/mol. The second-order valence-electron chi connectivity index (χ2n) is 5.31. The molecule has 1 aliphatic heterocycles. The molecule has 0 atom stereocenters. The van der Waals surface area contributed by atoms with Crippen molar-refractivity contribution in [3.63, 3.8) is 0 Å². The Morgan fingerprint density at radius 1 is 1.24 bits per heavy atom. The molecule has 1 N–H and O–H groups in total. The fourth-order valence-corrected chi connectivity index (χ4v) is 3.77. The van der Waals surface area contributed by atoms with Crippen LogP contribution < -0.4 is 4.74 Å². The van der Waals surface area contributed by atoms with Crippen LogP contribution in [0, 0.1) is 0 Å². The zero-order chi connectivity index (χ0) is 18.0. The topological polar surface area (TPSA) is 93.0 Å². The molecule has 2 aromatic carbocycles. The Labute approximate surface area is 145 Å². The van der Waals surface area contributed by atoms with Gasteiger partial charge in [-0.05, 0) is 19.1 Å². The lowest BCUT2D eigenvalue weighted by Crippen LogP contribution is -2.08. The Hall–Kier alpha value is -2.93. The summed E-state index contributed by atoms with van der Waals surface area (Å²) in [6.45, 7) is 2.01. The number of sulfonamides is 1. The van der Waals surface area contributed by atoms with Crippen molar-refractivity contribution in [1.82, 2.24) is 0 Å². The summed E-state index contributed by atoms with van der Waals surface area (Å²) in [5.74, 6) is -1.06. The van der Waals surface area contributed by atoms with Gasteiger partial charge in [-0.2, -0.15) is 12.8 Å². The van der Waals surface area contributed by atoms with Gasteiger partial charge in [-0.3, -0.25) is 0 Å². The van der Waals surface area contributed by atoms with Gasteiger partial charge in [0.1, 0.15) is 17.3 Å². The summed E-state index contributed by atoms with van der Waals surface area (Å²) < 4.78 is 34.4. The van der Waals surface area contributed by atoms with E-state index in [2.05, 4.69) is 4.40 Å². The van der Waals surface area contributed by atoms with E-state index in [-0.39, 0.29) is 28.5 Å². The Bertz CT molecular complexity index is 992. The van der Waals surface area contributed by atoms with Crippen LogP contribution in [-0.4, -0.2) is 31.8 Å². The van der Waals surface area contributed by atoms with Crippen LogP contribution >= 0.6 is 0 Å². The smallest absolute Gasteiger partial charge is 0.335 e. The molecule has 0 aliphatic carbocycles. The molecule has 1 heterocycles. The van der Waals surface area contributed by atoms with Crippen molar-refractivity contribution < 1.29 is 23.1 Å². The predicted molar refractivity (Wildman–Crippen MR) is 93.0 cm³/mol. The van der Waals surface area contributed by atoms with Gasteiger partial charge < -0.3 is 9.84 Å². The normalized spacial score (nSPS) is 15.0.